The highest BCUT2D eigenvalue weighted by molar-refractivity contribution is 5.81. The summed E-state index contributed by atoms with van der Waals surface area (Å²) in [6.07, 6.45) is 1.84. The van der Waals surface area contributed by atoms with E-state index in [1.165, 1.54) is 0 Å². The van der Waals surface area contributed by atoms with Crippen LogP contribution in [0.2, 0.25) is 0 Å². The summed E-state index contributed by atoms with van der Waals surface area (Å²) in [5, 5.41) is 9.42. The first-order valence-electron chi connectivity index (χ1n) is 12.2. The van der Waals surface area contributed by atoms with Gasteiger partial charge in [0.05, 0.1) is 23.0 Å². The van der Waals surface area contributed by atoms with E-state index in [1.54, 1.807) is 0 Å². The summed E-state index contributed by atoms with van der Waals surface area (Å²) in [5.41, 5.74) is 3.60. The lowest BCUT2D eigenvalue weighted by Gasteiger charge is -2.35. The summed E-state index contributed by atoms with van der Waals surface area (Å²) in [6.45, 7) is 5.99. The highest BCUT2D eigenvalue weighted by Gasteiger charge is 2.29. The number of aliphatic carboxylic acids is 1. The Balaban J connectivity index is 1.68. The lowest BCUT2D eigenvalue weighted by Crippen LogP contribution is -2.41. The van der Waals surface area contributed by atoms with Gasteiger partial charge in [0, 0.05) is 6.54 Å². The zero-order valence-corrected chi connectivity index (χ0v) is 20.4. The van der Waals surface area contributed by atoms with Crippen LogP contribution in [0.15, 0.2) is 52.1 Å². The normalized spacial score (nSPS) is 15.9. The molecule has 5 rings (SSSR count). The molecule has 1 saturated heterocycles. The summed E-state index contributed by atoms with van der Waals surface area (Å²) < 4.78 is 2.00. The van der Waals surface area contributed by atoms with E-state index in [9.17, 15) is 19.5 Å². The molecule has 9 nitrogen and oxygen atoms in total. The second-order valence-electron chi connectivity index (χ2n) is 9.71. The molecule has 3 aliphatic heterocycles. The topological polar surface area (TPSA) is 121 Å². The fraction of sp³-hybridized carbons (Fsp3) is 0.370. The van der Waals surface area contributed by atoms with Crippen LogP contribution in [0, 0.1) is 19.8 Å². The van der Waals surface area contributed by atoms with Crippen molar-refractivity contribution in [2.45, 2.75) is 39.2 Å². The second kappa shape index (κ2) is 9.66. The van der Waals surface area contributed by atoms with Crippen molar-refractivity contribution in [2.24, 2.45) is 5.92 Å². The van der Waals surface area contributed by atoms with Crippen LogP contribution in [-0.4, -0.2) is 55.1 Å². The monoisotopic (exact) mass is 487 g/mol. The molecule has 0 radical (unpaired) electrons. The van der Waals surface area contributed by atoms with Gasteiger partial charge in [0.1, 0.15) is 0 Å². The number of aryl methyl sites for hydroxylation is 2. The molecule has 1 fully saturated rings. The molecule has 9 heteroatoms. The number of rotatable bonds is 6. The Hall–Kier alpha value is -3.85. The molecule has 186 valence electrons. The molecule has 0 aliphatic carbocycles. The maximum absolute atomic E-state index is 12.8. The number of benzene rings is 2. The maximum Gasteiger partial charge on any atom is 0.349 e. The number of likely N-dealkylation sites (tertiary alicyclic amines) is 1. The molecule has 0 spiro atoms. The van der Waals surface area contributed by atoms with Crippen molar-refractivity contribution in [2.75, 3.05) is 19.6 Å². The number of aromatic nitrogens is 4. The van der Waals surface area contributed by atoms with Crippen LogP contribution in [0.25, 0.3) is 22.6 Å². The molecule has 3 aliphatic rings. The van der Waals surface area contributed by atoms with Crippen LogP contribution in [0.1, 0.15) is 35.6 Å². The van der Waals surface area contributed by atoms with Gasteiger partial charge in [0.25, 0.3) is 5.56 Å². The van der Waals surface area contributed by atoms with E-state index < -0.39 is 17.2 Å². The lowest BCUT2D eigenvalue weighted by molar-refractivity contribution is -0.143. The van der Waals surface area contributed by atoms with Crippen LogP contribution < -0.4 is 11.2 Å². The Morgan fingerprint density at radius 3 is 2.47 bits per heavy atom. The van der Waals surface area contributed by atoms with Crippen LogP contribution in [0.3, 0.4) is 0 Å². The average molecular weight is 488 g/mol. The van der Waals surface area contributed by atoms with Crippen molar-refractivity contribution < 1.29 is 9.90 Å². The number of nitrogens with one attached hydrogen (secondary N) is 1. The predicted molar refractivity (Wildman–Crippen MR) is 136 cm³/mol. The van der Waals surface area contributed by atoms with E-state index >= 15 is 0 Å². The molecule has 2 aromatic carbocycles. The highest BCUT2D eigenvalue weighted by atomic mass is 16.4. The van der Waals surface area contributed by atoms with E-state index in [1.807, 2.05) is 48.7 Å². The Bertz CT molecular complexity index is 1500. The molecule has 0 amide bonds. The fourth-order valence-corrected chi connectivity index (χ4v) is 5.16. The van der Waals surface area contributed by atoms with Crippen molar-refractivity contribution in [3.8, 4) is 11.5 Å². The van der Waals surface area contributed by atoms with Gasteiger partial charge in [-0.05, 0) is 75.0 Å². The van der Waals surface area contributed by atoms with E-state index in [2.05, 4.69) is 32.0 Å². The third-order valence-electron chi connectivity index (χ3n) is 7.25. The minimum atomic E-state index is -0.742. The van der Waals surface area contributed by atoms with Gasteiger partial charge in [-0.1, -0.05) is 30.3 Å². The van der Waals surface area contributed by atoms with E-state index in [-0.39, 0.29) is 23.5 Å². The number of hydrogen-bond acceptors (Lipinski definition) is 6. The molecule has 36 heavy (non-hydrogen) atoms. The number of piperidine rings is 1. The third kappa shape index (κ3) is 4.66. The van der Waals surface area contributed by atoms with E-state index in [4.69, 9.17) is 0 Å². The first-order valence-corrected chi connectivity index (χ1v) is 12.2. The number of carboxylic acids is 1. The van der Waals surface area contributed by atoms with Crippen LogP contribution in [-0.2, 0) is 11.2 Å². The van der Waals surface area contributed by atoms with Crippen molar-refractivity contribution in [1.29, 1.82) is 0 Å². The molecule has 2 aromatic rings. The minimum absolute atomic E-state index is 0.132. The molecular weight excluding hydrogens is 458 g/mol. The average Bonchev–Trinajstić information content (AvgIpc) is 2.84. The quantitative estimate of drug-likeness (QED) is 0.401. The number of carbonyl (C=O) groups is 1. The van der Waals surface area contributed by atoms with Crippen molar-refractivity contribution >= 4 is 17.0 Å². The van der Waals surface area contributed by atoms with Crippen molar-refractivity contribution in [3.63, 3.8) is 0 Å². The molecule has 0 aromatic heterocycles. The summed E-state index contributed by atoms with van der Waals surface area (Å²) in [7, 11) is 0. The van der Waals surface area contributed by atoms with Gasteiger partial charge >= 0.3 is 11.7 Å². The zero-order chi connectivity index (χ0) is 25.4. The van der Waals surface area contributed by atoms with Crippen LogP contribution in [0.5, 0.6) is 0 Å². The van der Waals surface area contributed by atoms with Gasteiger partial charge in [-0.3, -0.25) is 14.6 Å². The molecular formula is C27H29N5O4. The Morgan fingerprint density at radius 2 is 1.78 bits per heavy atom. The maximum atomic E-state index is 12.8. The third-order valence-corrected chi connectivity index (χ3v) is 7.25. The zero-order valence-electron chi connectivity index (χ0n) is 20.4. The van der Waals surface area contributed by atoms with Gasteiger partial charge in [0.15, 0.2) is 11.5 Å². The van der Waals surface area contributed by atoms with Crippen molar-refractivity contribution in [1.82, 2.24) is 24.4 Å². The van der Waals surface area contributed by atoms with Crippen molar-refractivity contribution in [3.05, 3.63) is 80.0 Å². The Kier molecular flexibility index (Phi) is 6.40. The molecule has 1 atom stereocenters. The molecule has 0 saturated carbocycles. The van der Waals surface area contributed by atoms with E-state index in [0.717, 1.165) is 22.2 Å². The number of hydrogen-bond donors (Lipinski definition) is 2. The molecule has 3 heterocycles. The second-order valence-corrected chi connectivity index (χ2v) is 9.71. The SMILES string of the molecule is Cc1cc2nc3c(=O)[nH]c(=O)nc-3n(C(Cc3ccccc3)CN3CCC(C(=O)O)CC3)c2cc1C. The lowest BCUT2D eigenvalue weighted by atomic mass is 9.96. The summed E-state index contributed by atoms with van der Waals surface area (Å²) in [5.74, 6) is -0.799. The summed E-state index contributed by atoms with van der Waals surface area (Å²) in [6, 6.07) is 13.9. The highest BCUT2D eigenvalue weighted by Crippen LogP contribution is 2.30. The van der Waals surface area contributed by atoms with E-state index in [0.29, 0.717) is 44.4 Å². The van der Waals surface area contributed by atoms with Gasteiger partial charge in [-0.15, -0.1) is 0 Å². The minimum Gasteiger partial charge on any atom is -0.481 e. The number of aromatic amines is 1. The number of fused-ring (bicyclic) bond motifs is 2. The number of H-pyrrole nitrogens is 1. The first kappa shape index (κ1) is 23.9. The first-order chi connectivity index (χ1) is 17.3. The van der Waals surface area contributed by atoms with Gasteiger partial charge < -0.3 is 14.6 Å². The molecule has 0 bridgehead atoms. The van der Waals surface area contributed by atoms with Gasteiger partial charge in [0.2, 0.25) is 0 Å². The standard InChI is InChI=1S/C27H29N5O4/c1-16-12-21-22(13-17(16)2)32(24-23(28-21)25(33)30-27(36)29-24)20(14-18-6-4-3-5-7-18)15-31-10-8-19(9-11-31)26(34)35/h3-7,12-13,19-20H,8-11,14-15H2,1-2H3,(H,34,35)(H,30,33,36). The molecule has 1 unspecified atom stereocenters. The number of carboxylic acid groups (broad SMARTS) is 1. The van der Waals surface area contributed by atoms with Crippen LogP contribution in [0.4, 0.5) is 0 Å². The summed E-state index contributed by atoms with van der Waals surface area (Å²) in [4.78, 5) is 49.9. The van der Waals surface area contributed by atoms with Gasteiger partial charge in [-0.2, -0.15) is 4.98 Å². The van der Waals surface area contributed by atoms with Gasteiger partial charge in [-0.25, -0.2) is 9.78 Å². The smallest absolute Gasteiger partial charge is 0.349 e. The molecule has 2 N–H and O–H groups in total. The Morgan fingerprint density at radius 1 is 1.08 bits per heavy atom. The predicted octanol–water partition coefficient (Wildman–Crippen LogP) is 2.78. The van der Waals surface area contributed by atoms with Crippen LogP contribution >= 0.6 is 0 Å². The fourth-order valence-electron chi connectivity index (χ4n) is 5.16. The largest absolute Gasteiger partial charge is 0.481 e. The number of nitrogens with zero attached hydrogens (tertiary/aromatic N) is 4. The summed E-state index contributed by atoms with van der Waals surface area (Å²) >= 11 is 0. The Labute approximate surface area is 207 Å².